The van der Waals surface area contributed by atoms with Crippen LogP contribution in [-0.2, 0) is 31.8 Å². The first-order chi connectivity index (χ1) is 21.5. The number of hydrogen-bond acceptors (Lipinski definition) is 8. The van der Waals surface area contributed by atoms with Crippen LogP contribution in [0.3, 0.4) is 0 Å². The molecule has 1 atom stereocenters. The largest absolute Gasteiger partial charge is 0.460 e. The standard InChI is InChI=1S/C33H33F3N4O5/c1-22(2)44-32(43)30(23-10-4-3-5-11-23)45-29(41)21-39-18-16-38(17-19-39)20-28-37-26-14-8-6-12-24(26)31(42)40(28)27-15-9-7-13-25(27)33(34,35)36/h3-15,22,30H,16-21H2,1-2H3. The maximum Gasteiger partial charge on any atom is 0.418 e. The molecule has 0 aliphatic carbocycles. The van der Waals surface area contributed by atoms with Crippen LogP contribution in [0.1, 0.15) is 36.9 Å². The fraction of sp³-hybridized carbons (Fsp3) is 0.333. The van der Waals surface area contributed by atoms with Gasteiger partial charge < -0.3 is 9.47 Å². The summed E-state index contributed by atoms with van der Waals surface area (Å²) in [5, 5.41) is 0.215. The van der Waals surface area contributed by atoms with Crippen LogP contribution in [0.4, 0.5) is 13.2 Å². The number of nitrogens with zero attached hydrogens (tertiary/aromatic N) is 4. The summed E-state index contributed by atoms with van der Waals surface area (Å²) in [4.78, 5) is 47.7. The zero-order valence-corrected chi connectivity index (χ0v) is 24.9. The Morgan fingerprint density at radius 1 is 0.844 bits per heavy atom. The van der Waals surface area contributed by atoms with E-state index in [4.69, 9.17) is 9.47 Å². The minimum absolute atomic E-state index is 0.0655. The third-order valence-electron chi connectivity index (χ3n) is 7.40. The predicted octanol–water partition coefficient (Wildman–Crippen LogP) is 4.76. The highest BCUT2D eigenvalue weighted by molar-refractivity contribution is 5.81. The topological polar surface area (TPSA) is 94.0 Å². The summed E-state index contributed by atoms with van der Waals surface area (Å²) < 4.78 is 53.9. The summed E-state index contributed by atoms with van der Waals surface area (Å²) >= 11 is 0. The molecule has 5 rings (SSSR count). The Hall–Kier alpha value is -4.55. The molecule has 9 nitrogen and oxygen atoms in total. The van der Waals surface area contributed by atoms with Crippen molar-refractivity contribution in [3.63, 3.8) is 0 Å². The van der Waals surface area contributed by atoms with Crippen molar-refractivity contribution in [2.75, 3.05) is 32.7 Å². The number of halogens is 3. The highest BCUT2D eigenvalue weighted by Crippen LogP contribution is 2.34. The second kappa shape index (κ2) is 13.6. The molecule has 2 heterocycles. The van der Waals surface area contributed by atoms with Crippen LogP contribution >= 0.6 is 0 Å². The number of para-hydroxylation sites is 2. The molecule has 1 aliphatic rings. The summed E-state index contributed by atoms with van der Waals surface area (Å²) in [6.07, 6.45) is -6.26. The fourth-order valence-corrected chi connectivity index (χ4v) is 5.27. The fourth-order valence-electron chi connectivity index (χ4n) is 5.27. The average Bonchev–Trinajstić information content (AvgIpc) is 3.01. The molecule has 236 valence electrons. The van der Waals surface area contributed by atoms with Gasteiger partial charge in [-0.1, -0.05) is 54.6 Å². The van der Waals surface area contributed by atoms with Crippen LogP contribution in [-0.4, -0.2) is 70.1 Å². The summed E-state index contributed by atoms with van der Waals surface area (Å²) in [6.45, 7) is 5.26. The number of hydrogen-bond donors (Lipinski definition) is 0. The van der Waals surface area contributed by atoms with Crippen LogP contribution in [0.15, 0.2) is 83.7 Å². The Labute approximate surface area is 257 Å². The van der Waals surface area contributed by atoms with E-state index in [1.165, 1.54) is 18.2 Å². The minimum Gasteiger partial charge on any atom is -0.460 e. The van der Waals surface area contributed by atoms with Gasteiger partial charge in [0.25, 0.3) is 5.56 Å². The van der Waals surface area contributed by atoms with Crippen LogP contribution in [0, 0.1) is 0 Å². The molecule has 45 heavy (non-hydrogen) atoms. The number of esters is 2. The number of benzene rings is 3. The lowest BCUT2D eigenvalue weighted by molar-refractivity contribution is -0.172. The smallest absolute Gasteiger partial charge is 0.418 e. The van der Waals surface area contributed by atoms with Gasteiger partial charge in [0.05, 0.1) is 41.3 Å². The number of rotatable bonds is 9. The summed E-state index contributed by atoms with van der Waals surface area (Å²) in [6, 6.07) is 20.2. The van der Waals surface area contributed by atoms with Crippen molar-refractivity contribution >= 4 is 22.8 Å². The molecule has 0 spiro atoms. The van der Waals surface area contributed by atoms with E-state index in [0.29, 0.717) is 37.3 Å². The van der Waals surface area contributed by atoms with E-state index in [2.05, 4.69) is 4.98 Å². The van der Waals surface area contributed by atoms with E-state index < -0.39 is 35.3 Å². The van der Waals surface area contributed by atoms with E-state index in [1.807, 2.05) is 9.80 Å². The van der Waals surface area contributed by atoms with E-state index >= 15 is 0 Å². The van der Waals surface area contributed by atoms with E-state index in [0.717, 1.165) is 10.6 Å². The zero-order chi connectivity index (χ0) is 32.1. The quantitative estimate of drug-likeness (QED) is 0.247. The molecule has 4 aromatic rings. The van der Waals surface area contributed by atoms with Gasteiger partial charge in [0.2, 0.25) is 6.10 Å². The molecule has 1 aromatic heterocycles. The molecule has 0 bridgehead atoms. The Morgan fingerprint density at radius 3 is 2.16 bits per heavy atom. The third kappa shape index (κ3) is 7.58. The summed E-state index contributed by atoms with van der Waals surface area (Å²) in [7, 11) is 0. The summed E-state index contributed by atoms with van der Waals surface area (Å²) in [5.74, 6) is -1.07. The first kappa shape index (κ1) is 31.9. The molecule has 0 N–H and O–H groups in total. The van der Waals surface area contributed by atoms with Gasteiger partial charge in [-0.2, -0.15) is 13.2 Å². The second-order valence-corrected chi connectivity index (χ2v) is 11.0. The average molecular weight is 623 g/mol. The first-order valence-electron chi connectivity index (χ1n) is 14.6. The molecular weight excluding hydrogens is 589 g/mol. The van der Waals surface area contributed by atoms with E-state index in [9.17, 15) is 27.6 Å². The van der Waals surface area contributed by atoms with Gasteiger partial charge in [0.15, 0.2) is 0 Å². The molecule has 0 radical (unpaired) electrons. The third-order valence-corrected chi connectivity index (χ3v) is 7.40. The van der Waals surface area contributed by atoms with Crippen LogP contribution in [0.2, 0.25) is 0 Å². The van der Waals surface area contributed by atoms with Crippen LogP contribution in [0.25, 0.3) is 16.6 Å². The summed E-state index contributed by atoms with van der Waals surface area (Å²) in [5.41, 5.74) is -0.906. The molecular formula is C33H33F3N4O5. The maximum atomic E-state index is 14.0. The number of aromatic nitrogens is 2. The zero-order valence-electron chi connectivity index (χ0n) is 24.9. The molecule has 0 saturated carbocycles. The van der Waals surface area contributed by atoms with Gasteiger partial charge >= 0.3 is 18.1 Å². The van der Waals surface area contributed by atoms with Gasteiger partial charge in [-0.25, -0.2) is 9.78 Å². The Bertz CT molecular complexity index is 1720. The molecule has 12 heteroatoms. The molecule has 3 aromatic carbocycles. The van der Waals surface area contributed by atoms with Crippen molar-refractivity contribution in [1.29, 1.82) is 0 Å². The van der Waals surface area contributed by atoms with Crippen molar-refractivity contribution in [2.45, 2.75) is 38.8 Å². The van der Waals surface area contributed by atoms with Gasteiger partial charge in [-0.3, -0.25) is 24.0 Å². The van der Waals surface area contributed by atoms with Gasteiger partial charge in [-0.15, -0.1) is 0 Å². The number of carbonyl (C=O) groups is 2. The van der Waals surface area contributed by atoms with Crippen molar-refractivity contribution in [3.05, 3.63) is 106 Å². The van der Waals surface area contributed by atoms with Crippen molar-refractivity contribution in [1.82, 2.24) is 19.4 Å². The van der Waals surface area contributed by atoms with Crippen molar-refractivity contribution < 1.29 is 32.2 Å². The minimum atomic E-state index is -4.68. The predicted molar refractivity (Wildman–Crippen MR) is 161 cm³/mol. The van der Waals surface area contributed by atoms with E-state index in [1.54, 1.807) is 68.4 Å². The lowest BCUT2D eigenvalue weighted by Crippen LogP contribution is -2.48. The number of piperazine rings is 1. The van der Waals surface area contributed by atoms with Crippen molar-refractivity contribution in [3.8, 4) is 5.69 Å². The number of alkyl halides is 3. The lowest BCUT2D eigenvalue weighted by atomic mass is 10.1. The monoisotopic (exact) mass is 622 g/mol. The van der Waals surface area contributed by atoms with Gasteiger partial charge in [-0.05, 0) is 38.1 Å². The SMILES string of the molecule is CC(C)OC(=O)C(OC(=O)CN1CCN(Cc2nc3ccccc3c(=O)n2-c2ccccc2C(F)(F)F)CC1)c1ccccc1. The molecule has 0 amide bonds. The lowest BCUT2D eigenvalue weighted by Gasteiger charge is -2.34. The highest BCUT2D eigenvalue weighted by Gasteiger charge is 2.35. The van der Waals surface area contributed by atoms with Crippen LogP contribution < -0.4 is 5.56 Å². The van der Waals surface area contributed by atoms with Gasteiger partial charge in [0, 0.05) is 31.7 Å². The first-order valence-corrected chi connectivity index (χ1v) is 14.6. The maximum absolute atomic E-state index is 14.0. The number of fused-ring (bicyclic) bond motifs is 1. The van der Waals surface area contributed by atoms with Crippen molar-refractivity contribution in [2.24, 2.45) is 0 Å². The normalized spacial score (nSPS) is 15.2. The molecule has 1 fully saturated rings. The Kier molecular flexibility index (Phi) is 9.64. The molecule has 1 unspecified atom stereocenters. The highest BCUT2D eigenvalue weighted by atomic mass is 19.4. The molecule has 1 saturated heterocycles. The second-order valence-electron chi connectivity index (χ2n) is 11.0. The van der Waals surface area contributed by atoms with E-state index in [-0.39, 0.29) is 36.1 Å². The number of carbonyl (C=O) groups excluding carboxylic acids is 2. The Balaban J connectivity index is 1.30. The van der Waals surface area contributed by atoms with Gasteiger partial charge in [0.1, 0.15) is 5.82 Å². The number of ether oxygens (including phenoxy) is 2. The Morgan fingerprint density at radius 2 is 1.47 bits per heavy atom. The molecule has 1 aliphatic heterocycles. The van der Waals surface area contributed by atoms with Crippen LogP contribution in [0.5, 0.6) is 0 Å².